The number of aryl methyl sites for hydroxylation is 2. The summed E-state index contributed by atoms with van der Waals surface area (Å²) in [5.41, 5.74) is 10.0. The Morgan fingerprint density at radius 1 is 1.07 bits per heavy atom. The van der Waals surface area contributed by atoms with E-state index in [0.717, 1.165) is 57.8 Å². The molecule has 0 saturated carbocycles. The lowest BCUT2D eigenvalue weighted by Crippen LogP contribution is -2.46. The second kappa shape index (κ2) is 9.07. The van der Waals surface area contributed by atoms with E-state index in [-0.39, 0.29) is 18.0 Å². The number of carbonyl (C=O) groups is 1. The zero-order valence-corrected chi connectivity index (χ0v) is 17.5. The highest BCUT2D eigenvalue weighted by Crippen LogP contribution is 2.23. The van der Waals surface area contributed by atoms with Gasteiger partial charge in [-0.05, 0) is 44.9 Å². The van der Waals surface area contributed by atoms with Crippen LogP contribution >= 0.6 is 0 Å². The van der Waals surface area contributed by atoms with Crippen molar-refractivity contribution in [3.63, 3.8) is 0 Å². The smallest absolute Gasteiger partial charge is 0.241 e. The van der Waals surface area contributed by atoms with Crippen molar-refractivity contribution < 1.29 is 4.79 Å². The van der Waals surface area contributed by atoms with Crippen molar-refractivity contribution in [1.82, 2.24) is 30.4 Å². The van der Waals surface area contributed by atoms with Crippen LogP contribution in [-0.2, 0) is 11.3 Å². The maximum absolute atomic E-state index is 13.1. The molecule has 2 aliphatic heterocycles. The molecule has 2 unspecified atom stereocenters. The van der Waals surface area contributed by atoms with Crippen LogP contribution in [0, 0.1) is 13.8 Å². The summed E-state index contributed by atoms with van der Waals surface area (Å²) in [6.07, 6.45) is 1.81. The van der Waals surface area contributed by atoms with Gasteiger partial charge in [-0.3, -0.25) is 14.4 Å². The van der Waals surface area contributed by atoms with E-state index in [4.69, 9.17) is 0 Å². The third-order valence-corrected chi connectivity index (χ3v) is 6.03. The lowest BCUT2D eigenvalue weighted by atomic mass is 10.0. The van der Waals surface area contributed by atoms with Crippen LogP contribution < -0.4 is 10.9 Å². The standard InChI is InChI=1S/C22H32N6O/c1-17-15-18(2)28(25-17)14-12-26-9-6-10-27(13-11-26)22(29)21-16-20(23-24-21)19-7-4-3-5-8-19/h3-5,7-8,15,20-21,23-24H,6,9-14,16H2,1-2H3. The van der Waals surface area contributed by atoms with E-state index in [1.54, 1.807) is 0 Å². The van der Waals surface area contributed by atoms with Crippen molar-refractivity contribution >= 4 is 5.91 Å². The first-order chi connectivity index (χ1) is 14.1. The van der Waals surface area contributed by atoms with Crippen LogP contribution in [0.2, 0.25) is 0 Å². The molecular weight excluding hydrogens is 364 g/mol. The molecule has 2 fully saturated rings. The van der Waals surface area contributed by atoms with Crippen molar-refractivity contribution in [1.29, 1.82) is 0 Å². The molecule has 2 atom stereocenters. The summed E-state index contributed by atoms with van der Waals surface area (Å²) < 4.78 is 2.08. The second-order valence-electron chi connectivity index (χ2n) is 8.21. The van der Waals surface area contributed by atoms with Gasteiger partial charge in [0.2, 0.25) is 5.91 Å². The third kappa shape index (κ3) is 4.86. The Morgan fingerprint density at radius 3 is 2.66 bits per heavy atom. The van der Waals surface area contributed by atoms with Crippen LogP contribution in [0.15, 0.2) is 36.4 Å². The molecule has 2 aromatic rings. The molecule has 7 heteroatoms. The number of carbonyl (C=O) groups excluding carboxylic acids is 1. The van der Waals surface area contributed by atoms with Crippen molar-refractivity contribution in [2.45, 2.75) is 45.3 Å². The zero-order valence-electron chi connectivity index (χ0n) is 17.5. The summed E-state index contributed by atoms with van der Waals surface area (Å²) in [5.74, 6) is 0.219. The van der Waals surface area contributed by atoms with Gasteiger partial charge in [-0.15, -0.1) is 0 Å². The maximum Gasteiger partial charge on any atom is 0.241 e. The number of nitrogens with zero attached hydrogens (tertiary/aromatic N) is 4. The van der Waals surface area contributed by atoms with Gasteiger partial charge in [-0.25, -0.2) is 10.9 Å². The van der Waals surface area contributed by atoms with Crippen LogP contribution in [0.1, 0.15) is 35.8 Å². The van der Waals surface area contributed by atoms with Gasteiger partial charge in [-0.2, -0.15) is 5.10 Å². The molecule has 1 aromatic heterocycles. The van der Waals surface area contributed by atoms with Gasteiger partial charge >= 0.3 is 0 Å². The summed E-state index contributed by atoms with van der Waals surface area (Å²) >= 11 is 0. The minimum atomic E-state index is -0.151. The lowest BCUT2D eigenvalue weighted by molar-refractivity contribution is -0.133. The predicted molar refractivity (Wildman–Crippen MR) is 113 cm³/mol. The molecule has 3 heterocycles. The zero-order chi connectivity index (χ0) is 20.2. The van der Waals surface area contributed by atoms with E-state index in [9.17, 15) is 4.79 Å². The van der Waals surface area contributed by atoms with Crippen molar-refractivity contribution in [2.24, 2.45) is 0 Å². The average molecular weight is 397 g/mol. The Labute approximate surface area is 173 Å². The molecule has 2 N–H and O–H groups in total. The van der Waals surface area contributed by atoms with Gasteiger partial charge in [0, 0.05) is 37.9 Å². The van der Waals surface area contributed by atoms with Crippen LogP contribution in [0.3, 0.4) is 0 Å². The number of rotatable bonds is 5. The van der Waals surface area contributed by atoms with Gasteiger partial charge in [-0.1, -0.05) is 30.3 Å². The first-order valence-corrected chi connectivity index (χ1v) is 10.7. The van der Waals surface area contributed by atoms with Crippen molar-refractivity contribution in [3.05, 3.63) is 53.3 Å². The van der Waals surface area contributed by atoms with E-state index < -0.39 is 0 Å². The fraction of sp³-hybridized carbons (Fsp3) is 0.545. The van der Waals surface area contributed by atoms with E-state index in [0.29, 0.717) is 0 Å². The molecule has 2 saturated heterocycles. The molecule has 0 bridgehead atoms. The number of hydrazine groups is 1. The number of hydrogen-bond acceptors (Lipinski definition) is 5. The minimum Gasteiger partial charge on any atom is -0.340 e. The quantitative estimate of drug-likeness (QED) is 0.805. The SMILES string of the molecule is Cc1cc(C)n(CCN2CCCN(C(=O)C3CC(c4ccccc4)NN3)CC2)n1. The van der Waals surface area contributed by atoms with Crippen LogP contribution in [0.4, 0.5) is 0 Å². The normalized spacial score (nSPS) is 23.3. The Bertz CT molecular complexity index is 820. The average Bonchev–Trinajstić information content (AvgIpc) is 3.26. The fourth-order valence-electron chi connectivity index (χ4n) is 4.39. The molecule has 1 amide bonds. The number of hydrogen-bond donors (Lipinski definition) is 2. The van der Waals surface area contributed by atoms with Gasteiger partial charge in [0.15, 0.2) is 0 Å². The minimum absolute atomic E-state index is 0.151. The van der Waals surface area contributed by atoms with E-state index in [1.807, 2.05) is 30.0 Å². The predicted octanol–water partition coefficient (Wildman–Crippen LogP) is 1.64. The van der Waals surface area contributed by atoms with Gasteiger partial charge in [0.05, 0.1) is 12.2 Å². The third-order valence-electron chi connectivity index (χ3n) is 6.03. The van der Waals surface area contributed by atoms with Gasteiger partial charge in [0.25, 0.3) is 0 Å². The number of benzene rings is 1. The second-order valence-corrected chi connectivity index (χ2v) is 8.21. The van der Waals surface area contributed by atoms with Gasteiger partial charge < -0.3 is 4.90 Å². The largest absolute Gasteiger partial charge is 0.340 e. The highest BCUT2D eigenvalue weighted by Gasteiger charge is 2.33. The number of amides is 1. The highest BCUT2D eigenvalue weighted by molar-refractivity contribution is 5.82. The van der Waals surface area contributed by atoms with Crippen molar-refractivity contribution in [3.8, 4) is 0 Å². The molecule has 0 spiro atoms. The molecule has 4 rings (SSSR count). The monoisotopic (exact) mass is 396 g/mol. The Hall–Kier alpha value is -2.22. The topological polar surface area (TPSA) is 65.4 Å². The van der Waals surface area contributed by atoms with Crippen molar-refractivity contribution in [2.75, 3.05) is 32.7 Å². The van der Waals surface area contributed by atoms with Crippen LogP contribution in [0.5, 0.6) is 0 Å². The molecular formula is C22H32N6O. The summed E-state index contributed by atoms with van der Waals surface area (Å²) in [6.45, 7) is 9.61. The molecule has 0 aliphatic carbocycles. The Balaban J connectivity index is 1.27. The molecule has 7 nitrogen and oxygen atoms in total. The van der Waals surface area contributed by atoms with E-state index in [2.05, 4.69) is 50.7 Å². The number of aromatic nitrogens is 2. The number of nitrogens with one attached hydrogen (secondary N) is 2. The van der Waals surface area contributed by atoms with Crippen LogP contribution in [0.25, 0.3) is 0 Å². The summed E-state index contributed by atoms with van der Waals surface area (Å²) in [4.78, 5) is 17.5. The highest BCUT2D eigenvalue weighted by atomic mass is 16.2. The molecule has 1 aromatic carbocycles. The van der Waals surface area contributed by atoms with E-state index in [1.165, 1.54) is 11.3 Å². The first kappa shape index (κ1) is 20.1. The summed E-state index contributed by atoms with van der Waals surface area (Å²) in [6, 6.07) is 12.5. The van der Waals surface area contributed by atoms with Gasteiger partial charge in [0.1, 0.15) is 6.04 Å². The fourth-order valence-corrected chi connectivity index (χ4v) is 4.39. The molecule has 0 radical (unpaired) electrons. The molecule has 29 heavy (non-hydrogen) atoms. The summed E-state index contributed by atoms with van der Waals surface area (Å²) in [7, 11) is 0. The van der Waals surface area contributed by atoms with E-state index >= 15 is 0 Å². The van der Waals surface area contributed by atoms with Crippen LogP contribution in [-0.4, -0.2) is 64.3 Å². The first-order valence-electron chi connectivity index (χ1n) is 10.7. The molecule has 156 valence electrons. The summed E-state index contributed by atoms with van der Waals surface area (Å²) in [5, 5.41) is 4.56. The molecule has 2 aliphatic rings. The Morgan fingerprint density at radius 2 is 1.90 bits per heavy atom. The maximum atomic E-state index is 13.1. The Kier molecular flexibility index (Phi) is 6.28. The lowest BCUT2D eigenvalue weighted by Gasteiger charge is -2.24.